The molecule has 160 valence electrons. The predicted octanol–water partition coefficient (Wildman–Crippen LogP) is 2.59. The van der Waals surface area contributed by atoms with Gasteiger partial charge in [-0.1, -0.05) is 44.9 Å². The van der Waals surface area contributed by atoms with Crippen molar-refractivity contribution in [3.63, 3.8) is 0 Å². The molecule has 0 spiro atoms. The molecule has 1 rings (SSSR count). The SMILES string of the molecule is CC(CCCCCCCCCC(O)CC(=O)O)OC1OC(C)C(O)CC1O. The summed E-state index contributed by atoms with van der Waals surface area (Å²) in [5.41, 5.74) is 0. The predicted molar refractivity (Wildman–Crippen MR) is 101 cm³/mol. The van der Waals surface area contributed by atoms with Crippen molar-refractivity contribution in [2.75, 3.05) is 0 Å². The molecular formula is C20H38O7. The van der Waals surface area contributed by atoms with E-state index in [2.05, 4.69) is 0 Å². The topological polar surface area (TPSA) is 116 Å². The first-order chi connectivity index (χ1) is 12.8. The van der Waals surface area contributed by atoms with Crippen molar-refractivity contribution >= 4 is 5.97 Å². The summed E-state index contributed by atoms with van der Waals surface area (Å²) in [6, 6.07) is 0. The van der Waals surface area contributed by atoms with Crippen LogP contribution in [-0.4, -0.2) is 63.2 Å². The van der Waals surface area contributed by atoms with E-state index < -0.39 is 30.6 Å². The number of rotatable bonds is 14. The van der Waals surface area contributed by atoms with Gasteiger partial charge in [-0.2, -0.15) is 0 Å². The summed E-state index contributed by atoms with van der Waals surface area (Å²) in [6.45, 7) is 3.76. The van der Waals surface area contributed by atoms with Gasteiger partial charge in [0, 0.05) is 6.42 Å². The Morgan fingerprint density at radius 3 is 2.19 bits per heavy atom. The average molecular weight is 391 g/mol. The third-order valence-electron chi connectivity index (χ3n) is 5.11. The highest BCUT2D eigenvalue weighted by atomic mass is 16.7. The van der Waals surface area contributed by atoms with Crippen LogP contribution in [0.15, 0.2) is 0 Å². The third kappa shape index (κ3) is 11.0. The Balaban J connectivity index is 1.96. The van der Waals surface area contributed by atoms with Crippen molar-refractivity contribution in [1.82, 2.24) is 0 Å². The largest absolute Gasteiger partial charge is 0.481 e. The molecule has 0 aromatic carbocycles. The number of aliphatic hydroxyl groups excluding tert-OH is 3. The normalized spacial score (nSPS) is 28.0. The van der Waals surface area contributed by atoms with E-state index in [1.807, 2.05) is 6.92 Å². The Morgan fingerprint density at radius 1 is 1.04 bits per heavy atom. The maximum atomic E-state index is 10.4. The molecule has 0 aliphatic carbocycles. The van der Waals surface area contributed by atoms with Crippen LogP contribution in [0.5, 0.6) is 0 Å². The number of unbranched alkanes of at least 4 members (excludes halogenated alkanes) is 6. The molecule has 1 heterocycles. The van der Waals surface area contributed by atoms with Crippen LogP contribution in [-0.2, 0) is 14.3 Å². The maximum Gasteiger partial charge on any atom is 0.305 e. The standard InChI is InChI=1S/C20H38O7/c1-14(26-20-18(23)13-17(22)15(2)27-20)10-8-6-4-3-5-7-9-11-16(21)12-19(24)25/h14-18,20-23H,3-13H2,1-2H3,(H,24,25). The molecule has 6 unspecified atom stereocenters. The number of ether oxygens (including phenoxy) is 2. The van der Waals surface area contributed by atoms with Gasteiger partial charge in [0.15, 0.2) is 6.29 Å². The first-order valence-electron chi connectivity index (χ1n) is 10.4. The number of aliphatic carboxylic acids is 1. The van der Waals surface area contributed by atoms with Crippen LogP contribution in [0, 0.1) is 0 Å². The summed E-state index contributed by atoms with van der Waals surface area (Å²) in [5, 5.41) is 37.7. The molecule has 0 aromatic rings. The van der Waals surface area contributed by atoms with Gasteiger partial charge in [-0.25, -0.2) is 0 Å². The Morgan fingerprint density at radius 2 is 1.59 bits per heavy atom. The number of carboxylic acids is 1. The molecule has 1 aliphatic heterocycles. The second-order valence-electron chi connectivity index (χ2n) is 7.83. The zero-order chi connectivity index (χ0) is 20.2. The lowest BCUT2D eigenvalue weighted by atomic mass is 10.0. The number of hydrogen-bond donors (Lipinski definition) is 4. The van der Waals surface area contributed by atoms with E-state index >= 15 is 0 Å². The zero-order valence-electron chi connectivity index (χ0n) is 16.8. The smallest absolute Gasteiger partial charge is 0.305 e. The van der Waals surface area contributed by atoms with E-state index in [0.717, 1.165) is 51.4 Å². The van der Waals surface area contributed by atoms with Crippen molar-refractivity contribution in [1.29, 1.82) is 0 Å². The minimum absolute atomic E-state index is 0.00261. The van der Waals surface area contributed by atoms with Crippen LogP contribution in [0.25, 0.3) is 0 Å². The van der Waals surface area contributed by atoms with Crippen LogP contribution in [0.2, 0.25) is 0 Å². The highest BCUT2D eigenvalue weighted by molar-refractivity contribution is 5.67. The fourth-order valence-corrected chi connectivity index (χ4v) is 3.36. The molecule has 6 atom stereocenters. The summed E-state index contributed by atoms with van der Waals surface area (Å²) in [5.74, 6) is -0.947. The monoisotopic (exact) mass is 390 g/mol. The second-order valence-corrected chi connectivity index (χ2v) is 7.83. The first-order valence-corrected chi connectivity index (χ1v) is 10.4. The van der Waals surface area contributed by atoms with Crippen LogP contribution in [0.4, 0.5) is 0 Å². The van der Waals surface area contributed by atoms with Crippen LogP contribution in [0.3, 0.4) is 0 Å². The van der Waals surface area contributed by atoms with Crippen molar-refractivity contribution in [2.24, 2.45) is 0 Å². The number of carbonyl (C=O) groups is 1. The number of carboxylic acid groups (broad SMARTS) is 1. The Kier molecular flexibility index (Phi) is 12.1. The molecule has 7 nitrogen and oxygen atoms in total. The van der Waals surface area contributed by atoms with Crippen LogP contribution >= 0.6 is 0 Å². The molecule has 27 heavy (non-hydrogen) atoms. The van der Waals surface area contributed by atoms with E-state index in [4.69, 9.17) is 14.6 Å². The summed E-state index contributed by atoms with van der Waals surface area (Å²) >= 11 is 0. The number of hydrogen-bond acceptors (Lipinski definition) is 6. The van der Waals surface area contributed by atoms with E-state index in [9.17, 15) is 20.1 Å². The molecule has 7 heteroatoms. The quantitative estimate of drug-likeness (QED) is 0.337. The average Bonchev–Trinajstić information content (AvgIpc) is 2.57. The molecule has 0 radical (unpaired) electrons. The van der Waals surface area contributed by atoms with Gasteiger partial charge in [-0.3, -0.25) is 4.79 Å². The molecule has 0 saturated carbocycles. The van der Waals surface area contributed by atoms with Gasteiger partial charge in [0.05, 0.1) is 30.8 Å². The van der Waals surface area contributed by atoms with Crippen molar-refractivity contribution in [3.05, 3.63) is 0 Å². The summed E-state index contributed by atoms with van der Waals surface area (Å²) in [7, 11) is 0. The lowest BCUT2D eigenvalue weighted by molar-refractivity contribution is -0.273. The zero-order valence-corrected chi connectivity index (χ0v) is 16.8. The van der Waals surface area contributed by atoms with Crippen molar-refractivity contribution in [3.8, 4) is 0 Å². The summed E-state index contributed by atoms with van der Waals surface area (Å²) < 4.78 is 11.3. The molecule has 0 aromatic heterocycles. The fraction of sp³-hybridized carbons (Fsp3) is 0.950. The first kappa shape index (κ1) is 24.3. The van der Waals surface area contributed by atoms with E-state index in [1.165, 1.54) is 0 Å². The van der Waals surface area contributed by atoms with Crippen molar-refractivity contribution < 1.29 is 34.7 Å². The van der Waals surface area contributed by atoms with E-state index in [-0.39, 0.29) is 25.0 Å². The minimum Gasteiger partial charge on any atom is -0.481 e. The lowest BCUT2D eigenvalue weighted by Gasteiger charge is -2.36. The third-order valence-corrected chi connectivity index (χ3v) is 5.11. The molecule has 1 aliphatic rings. The van der Waals surface area contributed by atoms with E-state index in [0.29, 0.717) is 6.42 Å². The molecule has 0 bridgehead atoms. The second kappa shape index (κ2) is 13.4. The van der Waals surface area contributed by atoms with Crippen LogP contribution < -0.4 is 0 Å². The molecular weight excluding hydrogens is 352 g/mol. The van der Waals surface area contributed by atoms with Gasteiger partial charge in [0.1, 0.15) is 6.10 Å². The highest BCUT2D eigenvalue weighted by Gasteiger charge is 2.35. The Hall–Kier alpha value is -0.730. The van der Waals surface area contributed by atoms with Gasteiger partial charge >= 0.3 is 5.97 Å². The molecule has 0 amide bonds. The molecule has 1 saturated heterocycles. The Bertz CT molecular complexity index is 404. The van der Waals surface area contributed by atoms with Gasteiger partial charge < -0.3 is 29.9 Å². The summed E-state index contributed by atoms with van der Waals surface area (Å²) in [6.07, 6.45) is 5.93. The summed E-state index contributed by atoms with van der Waals surface area (Å²) in [4.78, 5) is 10.4. The highest BCUT2D eigenvalue weighted by Crippen LogP contribution is 2.23. The van der Waals surface area contributed by atoms with Gasteiger partial charge in [-0.15, -0.1) is 0 Å². The van der Waals surface area contributed by atoms with Gasteiger partial charge in [0.25, 0.3) is 0 Å². The van der Waals surface area contributed by atoms with Gasteiger partial charge in [-0.05, 0) is 26.7 Å². The Labute approximate surface area is 162 Å². The van der Waals surface area contributed by atoms with Crippen LogP contribution in [0.1, 0.15) is 84.5 Å². The van der Waals surface area contributed by atoms with Gasteiger partial charge in [0.2, 0.25) is 0 Å². The molecule has 1 fully saturated rings. The van der Waals surface area contributed by atoms with Crippen molar-refractivity contribution in [2.45, 2.75) is 121 Å². The number of aliphatic hydroxyl groups is 3. The maximum absolute atomic E-state index is 10.4. The minimum atomic E-state index is -0.947. The van der Waals surface area contributed by atoms with E-state index in [1.54, 1.807) is 6.92 Å². The molecule has 4 N–H and O–H groups in total. The lowest BCUT2D eigenvalue weighted by Crippen LogP contribution is -2.48. The fourth-order valence-electron chi connectivity index (χ4n) is 3.36.